The van der Waals surface area contributed by atoms with E-state index >= 15 is 0 Å². The van der Waals surface area contributed by atoms with E-state index < -0.39 is 0 Å². The fourth-order valence-electron chi connectivity index (χ4n) is 1.80. The Bertz CT molecular complexity index is 520. The van der Waals surface area contributed by atoms with E-state index in [-0.39, 0.29) is 0 Å². The van der Waals surface area contributed by atoms with Gasteiger partial charge in [-0.25, -0.2) is 4.98 Å². The monoisotopic (exact) mass is 262 g/mol. The largest absolute Gasteiger partial charge is 0.463 e. The molecule has 0 atom stereocenters. The minimum atomic E-state index is 0.407. The van der Waals surface area contributed by atoms with Crippen molar-refractivity contribution >= 4 is 11.1 Å². The van der Waals surface area contributed by atoms with Crippen LogP contribution in [0.4, 0.5) is 0 Å². The molecule has 0 aliphatic carbocycles. The molecule has 0 aliphatic rings. The fraction of sp³-hybridized carbons (Fsp3) is 0.600. The molecule has 2 heterocycles. The molecule has 0 saturated heterocycles. The Morgan fingerprint density at radius 1 is 1.37 bits per heavy atom. The number of furan rings is 1. The molecule has 0 saturated carbocycles. The van der Waals surface area contributed by atoms with E-state index in [1.54, 1.807) is 6.20 Å². The summed E-state index contributed by atoms with van der Waals surface area (Å²) >= 11 is 0. The zero-order valence-corrected chi connectivity index (χ0v) is 12.0. The van der Waals surface area contributed by atoms with Gasteiger partial charge in [-0.05, 0) is 24.8 Å². The summed E-state index contributed by atoms with van der Waals surface area (Å²) in [6.07, 6.45) is 6.01. The molecule has 2 aromatic rings. The van der Waals surface area contributed by atoms with Crippen molar-refractivity contribution in [2.75, 3.05) is 6.61 Å². The van der Waals surface area contributed by atoms with Crippen molar-refractivity contribution in [3.8, 4) is 6.01 Å². The lowest BCUT2D eigenvalue weighted by Crippen LogP contribution is -2.03. The van der Waals surface area contributed by atoms with E-state index in [1.807, 2.05) is 6.07 Å². The van der Waals surface area contributed by atoms with E-state index in [1.165, 1.54) is 0 Å². The van der Waals surface area contributed by atoms with Gasteiger partial charge in [-0.15, -0.1) is 0 Å². The molecule has 4 heteroatoms. The third-order valence-corrected chi connectivity index (χ3v) is 3.01. The molecule has 19 heavy (non-hydrogen) atoms. The summed E-state index contributed by atoms with van der Waals surface area (Å²) in [4.78, 5) is 8.50. The molecule has 2 aromatic heterocycles. The second-order valence-corrected chi connectivity index (χ2v) is 5.26. The molecular formula is C15H22N2O2. The van der Waals surface area contributed by atoms with Gasteiger partial charge in [0.1, 0.15) is 5.76 Å². The predicted molar refractivity (Wildman–Crippen MR) is 75.4 cm³/mol. The van der Waals surface area contributed by atoms with Crippen LogP contribution in [-0.4, -0.2) is 16.6 Å². The molecule has 0 N–H and O–H groups in total. The van der Waals surface area contributed by atoms with E-state index in [9.17, 15) is 0 Å². The number of aromatic nitrogens is 2. The van der Waals surface area contributed by atoms with Gasteiger partial charge in [0.2, 0.25) is 5.71 Å². The van der Waals surface area contributed by atoms with Gasteiger partial charge < -0.3 is 9.15 Å². The van der Waals surface area contributed by atoms with Gasteiger partial charge in [0.15, 0.2) is 0 Å². The minimum Gasteiger partial charge on any atom is -0.463 e. The number of hydrogen-bond acceptors (Lipinski definition) is 4. The molecule has 2 rings (SSSR count). The molecule has 104 valence electrons. The first kappa shape index (κ1) is 13.8. The van der Waals surface area contributed by atoms with Crippen LogP contribution in [0.3, 0.4) is 0 Å². The van der Waals surface area contributed by atoms with Gasteiger partial charge in [0.05, 0.1) is 12.0 Å². The molecule has 0 bridgehead atoms. The van der Waals surface area contributed by atoms with Gasteiger partial charge in [-0.1, -0.05) is 27.2 Å². The van der Waals surface area contributed by atoms with Crippen molar-refractivity contribution in [1.29, 1.82) is 0 Å². The topological polar surface area (TPSA) is 48.2 Å². The maximum atomic E-state index is 5.71. The lowest BCUT2D eigenvalue weighted by molar-refractivity contribution is 0.268. The van der Waals surface area contributed by atoms with Crippen LogP contribution in [0, 0.1) is 5.92 Å². The van der Waals surface area contributed by atoms with Crippen molar-refractivity contribution in [3.05, 3.63) is 18.0 Å². The number of hydrogen-bond donors (Lipinski definition) is 0. The van der Waals surface area contributed by atoms with Gasteiger partial charge >= 0.3 is 6.01 Å². The number of nitrogens with zero attached hydrogens (tertiary/aromatic N) is 2. The van der Waals surface area contributed by atoms with Crippen molar-refractivity contribution in [2.24, 2.45) is 5.92 Å². The van der Waals surface area contributed by atoms with Crippen LogP contribution in [0.25, 0.3) is 11.1 Å². The zero-order valence-electron chi connectivity index (χ0n) is 12.0. The second-order valence-electron chi connectivity index (χ2n) is 5.26. The smallest absolute Gasteiger partial charge is 0.319 e. The van der Waals surface area contributed by atoms with Gasteiger partial charge in [0.25, 0.3) is 0 Å². The highest BCUT2D eigenvalue weighted by atomic mass is 16.5. The summed E-state index contributed by atoms with van der Waals surface area (Å²) < 4.78 is 11.2. The molecule has 0 aliphatic heterocycles. The third kappa shape index (κ3) is 3.94. The van der Waals surface area contributed by atoms with E-state index in [2.05, 4.69) is 30.7 Å². The van der Waals surface area contributed by atoms with Crippen molar-refractivity contribution in [3.63, 3.8) is 0 Å². The zero-order chi connectivity index (χ0) is 13.7. The minimum absolute atomic E-state index is 0.407. The standard InChI is InChI=1S/C15H22N2O2/c1-4-5-6-13-9-12-10-16-15(17-14(12)19-13)18-8-7-11(2)3/h9-11H,4-8H2,1-3H3. The summed E-state index contributed by atoms with van der Waals surface area (Å²) in [5, 5.41) is 0.947. The lowest BCUT2D eigenvalue weighted by atomic mass is 10.1. The van der Waals surface area contributed by atoms with Gasteiger partial charge in [-0.2, -0.15) is 4.98 Å². The Balaban J connectivity index is 2.03. The third-order valence-electron chi connectivity index (χ3n) is 3.01. The van der Waals surface area contributed by atoms with Crippen molar-refractivity contribution in [2.45, 2.75) is 46.5 Å². The van der Waals surface area contributed by atoms with Crippen LogP contribution in [-0.2, 0) is 6.42 Å². The molecule has 0 radical (unpaired) electrons. The summed E-state index contributed by atoms with van der Waals surface area (Å²) in [6.45, 7) is 7.15. The lowest BCUT2D eigenvalue weighted by Gasteiger charge is -2.05. The molecular weight excluding hydrogens is 240 g/mol. The van der Waals surface area contributed by atoms with Crippen molar-refractivity contribution < 1.29 is 9.15 Å². The molecule has 0 aromatic carbocycles. The highest BCUT2D eigenvalue weighted by molar-refractivity contribution is 5.73. The first-order chi connectivity index (χ1) is 9.19. The summed E-state index contributed by atoms with van der Waals surface area (Å²) in [5.41, 5.74) is 0.626. The first-order valence-corrected chi connectivity index (χ1v) is 7.07. The summed E-state index contributed by atoms with van der Waals surface area (Å²) in [7, 11) is 0. The fourth-order valence-corrected chi connectivity index (χ4v) is 1.80. The van der Waals surface area contributed by atoms with E-state index in [0.29, 0.717) is 24.2 Å². The number of rotatable bonds is 7. The molecule has 0 amide bonds. The summed E-state index contributed by atoms with van der Waals surface area (Å²) in [6, 6.07) is 2.42. The van der Waals surface area contributed by atoms with Crippen LogP contribution < -0.4 is 4.74 Å². The Labute approximate surface area is 114 Å². The quantitative estimate of drug-likeness (QED) is 0.757. The average Bonchev–Trinajstić information content (AvgIpc) is 2.78. The highest BCUT2D eigenvalue weighted by Gasteiger charge is 2.07. The highest BCUT2D eigenvalue weighted by Crippen LogP contribution is 2.20. The molecule has 0 unspecified atom stereocenters. The molecule has 0 fully saturated rings. The van der Waals surface area contributed by atoms with Gasteiger partial charge in [-0.3, -0.25) is 0 Å². The van der Waals surface area contributed by atoms with Crippen LogP contribution in [0.15, 0.2) is 16.7 Å². The normalized spacial score (nSPS) is 11.4. The van der Waals surface area contributed by atoms with Crippen LogP contribution >= 0.6 is 0 Å². The van der Waals surface area contributed by atoms with E-state index in [0.717, 1.165) is 36.8 Å². The van der Waals surface area contributed by atoms with Crippen LogP contribution in [0.5, 0.6) is 6.01 Å². The average molecular weight is 262 g/mol. The van der Waals surface area contributed by atoms with Crippen LogP contribution in [0.1, 0.15) is 45.8 Å². The molecule has 4 nitrogen and oxygen atoms in total. The number of unbranched alkanes of at least 4 members (excludes halogenated alkanes) is 1. The van der Waals surface area contributed by atoms with Crippen LogP contribution in [0.2, 0.25) is 0 Å². The Morgan fingerprint density at radius 2 is 2.21 bits per heavy atom. The maximum absolute atomic E-state index is 5.71. The molecule has 0 spiro atoms. The second kappa shape index (κ2) is 6.55. The number of aryl methyl sites for hydroxylation is 1. The summed E-state index contributed by atoms with van der Waals surface area (Å²) in [5.74, 6) is 1.60. The SMILES string of the molecule is CCCCc1cc2cnc(OCCC(C)C)nc2o1. The number of fused-ring (bicyclic) bond motifs is 1. The van der Waals surface area contributed by atoms with Gasteiger partial charge in [0, 0.05) is 12.6 Å². The maximum Gasteiger partial charge on any atom is 0.319 e. The van der Waals surface area contributed by atoms with Crippen molar-refractivity contribution in [1.82, 2.24) is 9.97 Å². The van der Waals surface area contributed by atoms with E-state index in [4.69, 9.17) is 9.15 Å². The predicted octanol–water partition coefficient (Wildman–Crippen LogP) is 3.99. The Hall–Kier alpha value is -1.58. The Kier molecular flexibility index (Phi) is 4.77. The first-order valence-electron chi connectivity index (χ1n) is 7.07. The Morgan fingerprint density at radius 3 is 2.95 bits per heavy atom. The number of ether oxygens (including phenoxy) is 1.